The molecule has 0 aromatic carbocycles. The van der Waals surface area contributed by atoms with Crippen molar-refractivity contribution in [1.82, 2.24) is 15.5 Å². The van der Waals surface area contributed by atoms with E-state index in [-0.39, 0.29) is 6.54 Å². The van der Waals surface area contributed by atoms with Crippen LogP contribution in [0.15, 0.2) is 0 Å². The van der Waals surface area contributed by atoms with E-state index in [1.54, 1.807) is 0 Å². The maximum absolute atomic E-state index is 12.4. The number of hydrogen-bond donors (Lipinski definition) is 6. The molecule has 1 aliphatic rings. The molecule has 0 spiro atoms. The molecule has 0 aromatic rings. The summed E-state index contributed by atoms with van der Waals surface area (Å²) in [6, 6.07) is -2.96. The molecule has 1 aliphatic heterocycles. The Bertz CT molecular complexity index is 543. The van der Waals surface area contributed by atoms with E-state index >= 15 is 0 Å². The number of aliphatic hydroxyl groups excluding tert-OH is 1. The molecule has 11 nitrogen and oxygen atoms in total. The average molecular weight is 387 g/mol. The van der Waals surface area contributed by atoms with E-state index in [1.807, 2.05) is 0 Å². The van der Waals surface area contributed by atoms with Crippen LogP contribution in [0.4, 0.5) is 0 Å². The quantitative estimate of drug-likeness (QED) is 0.204. The third-order valence-corrected chi connectivity index (χ3v) is 4.39. The van der Waals surface area contributed by atoms with Crippen LogP contribution >= 0.6 is 0 Å². The van der Waals surface area contributed by atoms with E-state index in [0.717, 1.165) is 0 Å². The molecule has 0 aliphatic carbocycles. The first-order valence-corrected chi connectivity index (χ1v) is 8.98. The Morgan fingerprint density at radius 3 is 2.48 bits per heavy atom. The summed E-state index contributed by atoms with van der Waals surface area (Å²) in [6.07, 6.45) is 2.49. The van der Waals surface area contributed by atoms with Crippen LogP contribution in [0.3, 0.4) is 0 Å². The fraction of sp³-hybridized carbons (Fsp3) is 0.750. The van der Waals surface area contributed by atoms with Gasteiger partial charge in [-0.3, -0.25) is 14.4 Å². The van der Waals surface area contributed by atoms with Crippen molar-refractivity contribution in [3.63, 3.8) is 0 Å². The summed E-state index contributed by atoms with van der Waals surface area (Å²) in [5.74, 6) is -2.82. The van der Waals surface area contributed by atoms with Crippen molar-refractivity contribution >= 4 is 23.7 Å². The van der Waals surface area contributed by atoms with Gasteiger partial charge in [0.1, 0.15) is 18.1 Å². The largest absolute Gasteiger partial charge is 0.480 e. The van der Waals surface area contributed by atoms with Crippen molar-refractivity contribution in [2.75, 3.05) is 26.2 Å². The van der Waals surface area contributed by atoms with Gasteiger partial charge in [0, 0.05) is 6.54 Å². The average Bonchev–Trinajstić information content (AvgIpc) is 3.14. The van der Waals surface area contributed by atoms with E-state index in [2.05, 4.69) is 10.6 Å². The number of carboxylic acids is 1. The molecule has 0 aromatic heterocycles. The maximum atomic E-state index is 12.4. The SMILES string of the molecule is NCCCCC(NC(=O)C(N)CO)C(=O)NCC(=O)N1CCCC1C(=O)O. The first kappa shape index (κ1) is 22.8. The van der Waals surface area contributed by atoms with E-state index in [1.165, 1.54) is 4.90 Å². The van der Waals surface area contributed by atoms with Gasteiger partial charge in [0.2, 0.25) is 17.7 Å². The summed E-state index contributed by atoms with van der Waals surface area (Å²) in [6.45, 7) is -0.166. The van der Waals surface area contributed by atoms with Gasteiger partial charge in [0.15, 0.2) is 0 Å². The van der Waals surface area contributed by atoms with Gasteiger partial charge in [-0.25, -0.2) is 4.79 Å². The van der Waals surface area contributed by atoms with Gasteiger partial charge in [-0.1, -0.05) is 0 Å². The number of carbonyl (C=O) groups is 4. The number of nitrogens with one attached hydrogen (secondary N) is 2. The van der Waals surface area contributed by atoms with Crippen molar-refractivity contribution in [1.29, 1.82) is 0 Å². The predicted molar refractivity (Wildman–Crippen MR) is 95.3 cm³/mol. The van der Waals surface area contributed by atoms with E-state index in [4.69, 9.17) is 21.7 Å². The van der Waals surface area contributed by atoms with Gasteiger partial charge in [-0.05, 0) is 38.6 Å². The minimum Gasteiger partial charge on any atom is -0.480 e. The number of aliphatic hydroxyl groups is 1. The lowest BCUT2D eigenvalue weighted by molar-refractivity contribution is -0.148. The van der Waals surface area contributed by atoms with Gasteiger partial charge >= 0.3 is 5.97 Å². The maximum Gasteiger partial charge on any atom is 0.326 e. The summed E-state index contributed by atoms with van der Waals surface area (Å²) in [4.78, 5) is 48.8. The molecule has 1 saturated heterocycles. The van der Waals surface area contributed by atoms with Crippen molar-refractivity contribution in [3.8, 4) is 0 Å². The number of rotatable bonds is 11. The summed E-state index contributed by atoms with van der Waals surface area (Å²) < 4.78 is 0. The highest BCUT2D eigenvalue weighted by atomic mass is 16.4. The highest BCUT2D eigenvalue weighted by Gasteiger charge is 2.34. The van der Waals surface area contributed by atoms with Crippen LogP contribution in [-0.4, -0.2) is 83.2 Å². The molecule has 8 N–H and O–H groups in total. The van der Waals surface area contributed by atoms with Crippen LogP contribution in [-0.2, 0) is 19.2 Å². The summed E-state index contributed by atoms with van der Waals surface area (Å²) >= 11 is 0. The zero-order valence-electron chi connectivity index (χ0n) is 15.2. The molecule has 0 saturated carbocycles. The molecule has 3 atom stereocenters. The van der Waals surface area contributed by atoms with Crippen LogP contribution in [0.1, 0.15) is 32.1 Å². The molecule has 11 heteroatoms. The molecule has 27 heavy (non-hydrogen) atoms. The monoisotopic (exact) mass is 387 g/mol. The lowest BCUT2D eigenvalue weighted by Crippen LogP contribution is -2.54. The van der Waals surface area contributed by atoms with Crippen LogP contribution in [0, 0.1) is 0 Å². The van der Waals surface area contributed by atoms with Gasteiger partial charge < -0.3 is 37.2 Å². The van der Waals surface area contributed by atoms with Gasteiger partial charge in [-0.2, -0.15) is 0 Å². The predicted octanol–water partition coefficient (Wildman–Crippen LogP) is -2.89. The van der Waals surface area contributed by atoms with E-state index < -0.39 is 48.4 Å². The third-order valence-electron chi connectivity index (χ3n) is 4.39. The lowest BCUT2D eigenvalue weighted by Gasteiger charge is -2.23. The minimum absolute atomic E-state index is 0.294. The number of aliphatic carboxylic acids is 1. The summed E-state index contributed by atoms with van der Waals surface area (Å²) in [5.41, 5.74) is 10.9. The molecule has 1 heterocycles. The number of hydrogen-bond acceptors (Lipinski definition) is 7. The summed E-state index contributed by atoms with van der Waals surface area (Å²) in [5, 5.41) is 22.9. The molecule has 1 fully saturated rings. The molecule has 1 rings (SSSR count). The smallest absolute Gasteiger partial charge is 0.326 e. The number of carboxylic acid groups (broad SMARTS) is 1. The number of likely N-dealkylation sites (tertiary alicyclic amines) is 1. The first-order chi connectivity index (χ1) is 12.8. The van der Waals surface area contributed by atoms with Gasteiger partial charge in [0.05, 0.1) is 13.2 Å². The zero-order chi connectivity index (χ0) is 20.4. The van der Waals surface area contributed by atoms with Crippen molar-refractivity contribution in [2.24, 2.45) is 11.5 Å². The number of nitrogens with zero attached hydrogens (tertiary/aromatic N) is 1. The van der Waals surface area contributed by atoms with E-state index in [9.17, 15) is 19.2 Å². The van der Waals surface area contributed by atoms with Crippen molar-refractivity contribution in [3.05, 3.63) is 0 Å². The number of unbranched alkanes of at least 4 members (excludes halogenated alkanes) is 1. The topological polar surface area (TPSA) is 188 Å². The first-order valence-electron chi connectivity index (χ1n) is 8.98. The number of amides is 3. The third kappa shape index (κ3) is 7.12. The molecule has 3 unspecified atom stereocenters. The second kappa shape index (κ2) is 11.5. The molecule has 0 bridgehead atoms. The van der Waals surface area contributed by atoms with Crippen LogP contribution < -0.4 is 22.1 Å². The normalized spacial score (nSPS) is 18.6. The molecule has 0 radical (unpaired) electrons. The fourth-order valence-corrected chi connectivity index (χ4v) is 2.83. The van der Waals surface area contributed by atoms with Crippen LogP contribution in [0.25, 0.3) is 0 Å². The highest BCUT2D eigenvalue weighted by Crippen LogP contribution is 2.17. The Morgan fingerprint density at radius 2 is 1.89 bits per heavy atom. The fourth-order valence-electron chi connectivity index (χ4n) is 2.83. The second-order valence-electron chi connectivity index (χ2n) is 6.44. The Hall–Kier alpha value is -2.24. The minimum atomic E-state index is -1.16. The van der Waals surface area contributed by atoms with Gasteiger partial charge in [0.25, 0.3) is 0 Å². The van der Waals surface area contributed by atoms with Crippen molar-refractivity contribution in [2.45, 2.75) is 50.2 Å². The Labute approximate surface area is 157 Å². The molecule has 154 valence electrons. The summed E-state index contributed by atoms with van der Waals surface area (Å²) in [7, 11) is 0. The second-order valence-corrected chi connectivity index (χ2v) is 6.44. The molecule has 3 amide bonds. The van der Waals surface area contributed by atoms with Crippen LogP contribution in [0.5, 0.6) is 0 Å². The number of carbonyl (C=O) groups excluding carboxylic acids is 3. The molecular formula is C16H29N5O6. The lowest BCUT2D eigenvalue weighted by atomic mass is 10.1. The standard InChI is InChI=1S/C16H29N5O6/c17-6-2-1-4-11(20-14(24)10(18)9-22)15(25)19-8-13(23)21-7-3-5-12(21)16(26)27/h10-12,22H,1-9,17-18H2,(H,19,25)(H,20,24)(H,26,27). The Kier molecular flexibility index (Phi) is 9.68. The van der Waals surface area contributed by atoms with E-state index in [0.29, 0.717) is 45.2 Å². The number of nitrogens with two attached hydrogens (primary N) is 2. The zero-order valence-corrected chi connectivity index (χ0v) is 15.2. The van der Waals surface area contributed by atoms with Crippen molar-refractivity contribution < 1.29 is 29.4 Å². The van der Waals surface area contributed by atoms with Gasteiger partial charge in [-0.15, -0.1) is 0 Å². The Morgan fingerprint density at radius 1 is 1.19 bits per heavy atom. The highest BCUT2D eigenvalue weighted by molar-refractivity contribution is 5.92. The Balaban J connectivity index is 2.62. The van der Waals surface area contributed by atoms with Crippen LogP contribution in [0.2, 0.25) is 0 Å². The molecular weight excluding hydrogens is 358 g/mol.